The second-order valence-electron chi connectivity index (χ2n) is 4.59. The molecule has 0 atom stereocenters. The van der Waals surface area contributed by atoms with Gasteiger partial charge in [-0.3, -0.25) is 4.79 Å². The highest BCUT2D eigenvalue weighted by Gasteiger charge is 2.03. The number of esters is 1. The van der Waals surface area contributed by atoms with E-state index in [1.54, 1.807) is 0 Å². The average Bonchev–Trinajstić information content (AvgIpc) is 2.77. The maximum atomic E-state index is 11.2. The minimum absolute atomic E-state index is 0.107. The molecule has 0 bridgehead atoms. The van der Waals surface area contributed by atoms with Crippen LogP contribution in [0.25, 0.3) is 10.9 Å². The zero-order valence-electron chi connectivity index (χ0n) is 11.3. The van der Waals surface area contributed by atoms with Crippen molar-refractivity contribution in [3.05, 3.63) is 30.5 Å². The summed E-state index contributed by atoms with van der Waals surface area (Å²) < 4.78 is 7.08. The first kappa shape index (κ1) is 13.5. The third-order valence-electron chi connectivity index (χ3n) is 3.13. The van der Waals surface area contributed by atoms with Crippen molar-refractivity contribution in [2.45, 2.75) is 32.7 Å². The number of ether oxygens (including phenoxy) is 1. The molecule has 0 unspecified atom stereocenters. The SMILES string of the molecule is CCOC(=O)CCCCn1ccc2ccc(N)cc21. The highest BCUT2D eigenvalue weighted by molar-refractivity contribution is 5.83. The number of hydrogen-bond donors (Lipinski definition) is 1. The number of nitrogens with two attached hydrogens (primary N) is 1. The third kappa shape index (κ3) is 3.50. The molecule has 4 nitrogen and oxygen atoms in total. The molecular weight excluding hydrogens is 240 g/mol. The Bertz CT molecular complexity index is 560. The minimum atomic E-state index is -0.107. The number of fused-ring (bicyclic) bond motifs is 1. The fraction of sp³-hybridized carbons (Fsp3) is 0.400. The van der Waals surface area contributed by atoms with Crippen molar-refractivity contribution in [1.82, 2.24) is 4.57 Å². The van der Waals surface area contributed by atoms with E-state index < -0.39 is 0 Å². The normalized spacial score (nSPS) is 10.8. The monoisotopic (exact) mass is 260 g/mol. The van der Waals surface area contributed by atoms with E-state index in [1.807, 2.05) is 25.1 Å². The summed E-state index contributed by atoms with van der Waals surface area (Å²) in [6.45, 7) is 3.18. The minimum Gasteiger partial charge on any atom is -0.466 e. The Morgan fingerprint density at radius 3 is 2.95 bits per heavy atom. The van der Waals surface area contributed by atoms with Gasteiger partial charge in [0.1, 0.15) is 0 Å². The van der Waals surface area contributed by atoms with E-state index in [0.29, 0.717) is 13.0 Å². The van der Waals surface area contributed by atoms with Crippen molar-refractivity contribution in [2.24, 2.45) is 0 Å². The molecule has 2 N–H and O–H groups in total. The summed E-state index contributed by atoms with van der Waals surface area (Å²) in [4.78, 5) is 11.2. The smallest absolute Gasteiger partial charge is 0.305 e. The lowest BCUT2D eigenvalue weighted by atomic mass is 10.2. The molecule has 4 heteroatoms. The third-order valence-corrected chi connectivity index (χ3v) is 3.13. The molecule has 0 amide bonds. The van der Waals surface area contributed by atoms with Crippen LogP contribution >= 0.6 is 0 Å². The topological polar surface area (TPSA) is 57.2 Å². The Morgan fingerprint density at radius 2 is 2.16 bits per heavy atom. The van der Waals surface area contributed by atoms with Crippen LogP contribution in [0.1, 0.15) is 26.2 Å². The molecule has 0 saturated carbocycles. The lowest BCUT2D eigenvalue weighted by Gasteiger charge is -2.06. The average molecular weight is 260 g/mol. The maximum Gasteiger partial charge on any atom is 0.305 e. The van der Waals surface area contributed by atoms with Crippen molar-refractivity contribution in [3.8, 4) is 0 Å². The van der Waals surface area contributed by atoms with Crippen molar-refractivity contribution in [1.29, 1.82) is 0 Å². The van der Waals surface area contributed by atoms with Gasteiger partial charge in [-0.25, -0.2) is 0 Å². The highest BCUT2D eigenvalue weighted by Crippen LogP contribution is 2.19. The molecule has 0 aliphatic heterocycles. The molecule has 1 aromatic heterocycles. The number of carbonyl (C=O) groups excluding carboxylic acids is 1. The lowest BCUT2D eigenvalue weighted by molar-refractivity contribution is -0.143. The van der Waals surface area contributed by atoms with E-state index in [4.69, 9.17) is 10.5 Å². The van der Waals surface area contributed by atoms with E-state index in [2.05, 4.69) is 16.8 Å². The van der Waals surface area contributed by atoms with Crippen molar-refractivity contribution < 1.29 is 9.53 Å². The predicted octanol–water partition coefficient (Wildman–Crippen LogP) is 2.96. The molecule has 2 rings (SSSR count). The fourth-order valence-corrected chi connectivity index (χ4v) is 2.18. The molecule has 1 aromatic carbocycles. The van der Waals surface area contributed by atoms with Gasteiger partial charge in [0.25, 0.3) is 0 Å². The first-order valence-corrected chi connectivity index (χ1v) is 6.70. The van der Waals surface area contributed by atoms with Crippen LogP contribution in [-0.2, 0) is 16.1 Å². The number of hydrogen-bond acceptors (Lipinski definition) is 3. The molecule has 1 heterocycles. The molecule has 2 aromatic rings. The van der Waals surface area contributed by atoms with E-state index >= 15 is 0 Å². The molecule has 19 heavy (non-hydrogen) atoms. The zero-order valence-corrected chi connectivity index (χ0v) is 11.3. The van der Waals surface area contributed by atoms with Gasteiger partial charge in [0.2, 0.25) is 0 Å². The Kier molecular flexibility index (Phi) is 4.44. The number of nitrogen functional groups attached to an aromatic ring is 1. The molecule has 0 fully saturated rings. The Hall–Kier alpha value is -1.97. The van der Waals surface area contributed by atoms with E-state index in [0.717, 1.165) is 30.6 Å². The van der Waals surface area contributed by atoms with Crippen LogP contribution in [0.4, 0.5) is 5.69 Å². The summed E-state index contributed by atoms with van der Waals surface area (Å²) in [6.07, 6.45) is 4.36. The summed E-state index contributed by atoms with van der Waals surface area (Å²) in [5.74, 6) is -0.107. The molecule has 102 valence electrons. The van der Waals surface area contributed by atoms with Crippen LogP contribution < -0.4 is 5.73 Å². The summed E-state index contributed by atoms with van der Waals surface area (Å²) in [6, 6.07) is 8.01. The predicted molar refractivity (Wildman–Crippen MR) is 76.8 cm³/mol. The van der Waals surface area contributed by atoms with Crippen molar-refractivity contribution in [3.63, 3.8) is 0 Å². The second-order valence-corrected chi connectivity index (χ2v) is 4.59. The fourth-order valence-electron chi connectivity index (χ4n) is 2.18. The zero-order chi connectivity index (χ0) is 13.7. The Labute approximate surface area is 113 Å². The second kappa shape index (κ2) is 6.27. The van der Waals surface area contributed by atoms with Gasteiger partial charge in [0.05, 0.1) is 12.1 Å². The van der Waals surface area contributed by atoms with Gasteiger partial charge in [0, 0.05) is 24.8 Å². The number of nitrogens with zero attached hydrogens (tertiary/aromatic N) is 1. The molecule has 0 aliphatic carbocycles. The van der Waals surface area contributed by atoms with Gasteiger partial charge in [-0.15, -0.1) is 0 Å². The number of rotatable bonds is 6. The molecule has 0 saturated heterocycles. The summed E-state index contributed by atoms with van der Waals surface area (Å²) in [5, 5.41) is 1.19. The number of carbonyl (C=O) groups is 1. The molecule has 0 aliphatic rings. The number of anilines is 1. The Morgan fingerprint density at radius 1 is 1.32 bits per heavy atom. The van der Waals surface area contributed by atoms with Crippen LogP contribution in [-0.4, -0.2) is 17.1 Å². The largest absolute Gasteiger partial charge is 0.466 e. The maximum absolute atomic E-state index is 11.2. The number of unbranched alkanes of at least 4 members (excludes halogenated alkanes) is 1. The van der Waals surface area contributed by atoms with Gasteiger partial charge >= 0.3 is 5.97 Å². The first-order valence-electron chi connectivity index (χ1n) is 6.70. The molecule has 0 spiro atoms. The standard InChI is InChI=1S/C15H20N2O2/c1-2-19-15(18)5-3-4-9-17-10-8-12-6-7-13(16)11-14(12)17/h6-8,10-11H,2-5,9,16H2,1H3. The van der Waals surface area contributed by atoms with Gasteiger partial charge < -0.3 is 15.0 Å². The molecule has 0 radical (unpaired) electrons. The van der Waals surface area contributed by atoms with E-state index in [-0.39, 0.29) is 5.97 Å². The van der Waals surface area contributed by atoms with Crippen LogP contribution in [0, 0.1) is 0 Å². The van der Waals surface area contributed by atoms with Crippen LogP contribution in [0.3, 0.4) is 0 Å². The lowest BCUT2D eigenvalue weighted by Crippen LogP contribution is -2.04. The van der Waals surface area contributed by atoms with Crippen LogP contribution in [0.5, 0.6) is 0 Å². The van der Waals surface area contributed by atoms with E-state index in [1.165, 1.54) is 5.39 Å². The van der Waals surface area contributed by atoms with Crippen LogP contribution in [0.2, 0.25) is 0 Å². The van der Waals surface area contributed by atoms with Gasteiger partial charge in [-0.05, 0) is 43.4 Å². The molecular formula is C15H20N2O2. The Balaban J connectivity index is 1.88. The summed E-state index contributed by atoms with van der Waals surface area (Å²) in [7, 11) is 0. The quantitative estimate of drug-likeness (QED) is 0.493. The summed E-state index contributed by atoms with van der Waals surface area (Å²) >= 11 is 0. The number of benzene rings is 1. The van der Waals surface area contributed by atoms with Gasteiger partial charge in [-0.1, -0.05) is 6.07 Å². The van der Waals surface area contributed by atoms with Crippen molar-refractivity contribution >= 4 is 22.6 Å². The highest BCUT2D eigenvalue weighted by atomic mass is 16.5. The van der Waals surface area contributed by atoms with Gasteiger partial charge in [0.15, 0.2) is 0 Å². The number of aromatic nitrogens is 1. The van der Waals surface area contributed by atoms with Crippen molar-refractivity contribution in [2.75, 3.05) is 12.3 Å². The number of aryl methyl sites for hydroxylation is 1. The van der Waals surface area contributed by atoms with E-state index in [9.17, 15) is 4.79 Å². The van der Waals surface area contributed by atoms with Crippen LogP contribution in [0.15, 0.2) is 30.5 Å². The first-order chi connectivity index (χ1) is 9.20. The summed E-state index contributed by atoms with van der Waals surface area (Å²) in [5.41, 5.74) is 7.73. The van der Waals surface area contributed by atoms with Gasteiger partial charge in [-0.2, -0.15) is 0 Å².